The Morgan fingerprint density at radius 2 is 2.00 bits per heavy atom. The quantitative estimate of drug-likeness (QED) is 0.640. The fourth-order valence-electron chi connectivity index (χ4n) is 4.21. The van der Waals surface area contributed by atoms with Crippen molar-refractivity contribution in [3.8, 4) is 10.6 Å². The molecule has 5 rings (SSSR count). The van der Waals surface area contributed by atoms with Crippen LogP contribution in [0.25, 0.3) is 20.8 Å². The average Bonchev–Trinajstić information content (AvgIpc) is 3.19. The van der Waals surface area contributed by atoms with Gasteiger partial charge in [0.1, 0.15) is 10.8 Å². The van der Waals surface area contributed by atoms with E-state index in [1.807, 2.05) is 24.3 Å². The van der Waals surface area contributed by atoms with E-state index in [-0.39, 0.29) is 35.5 Å². The lowest BCUT2D eigenvalue weighted by Gasteiger charge is -2.23. The number of halogens is 2. The van der Waals surface area contributed by atoms with Gasteiger partial charge in [0.25, 0.3) is 0 Å². The highest BCUT2D eigenvalue weighted by atomic mass is 35.5. The zero-order valence-corrected chi connectivity index (χ0v) is 16.8. The van der Waals surface area contributed by atoms with Crippen molar-refractivity contribution in [3.63, 3.8) is 0 Å². The smallest absolute Gasteiger partial charge is 0.228 e. The second-order valence-corrected chi connectivity index (χ2v) is 8.57. The molecule has 1 aliphatic carbocycles. The van der Waals surface area contributed by atoms with Crippen LogP contribution in [0.5, 0.6) is 0 Å². The second-order valence-electron chi connectivity index (χ2n) is 7.53. The molecule has 1 unspecified atom stereocenters. The van der Waals surface area contributed by atoms with E-state index < -0.39 is 0 Å². The number of anilines is 1. The van der Waals surface area contributed by atoms with Gasteiger partial charge < -0.3 is 10.6 Å². The first-order valence-electron chi connectivity index (χ1n) is 9.32. The summed E-state index contributed by atoms with van der Waals surface area (Å²) in [4.78, 5) is 17.5. The van der Waals surface area contributed by atoms with Crippen LogP contribution in [0.3, 0.4) is 0 Å². The third kappa shape index (κ3) is 3.41. The molecule has 1 amide bonds. The second kappa shape index (κ2) is 7.43. The number of carbonyl (C=O) groups excluding carboxylic acids is 1. The van der Waals surface area contributed by atoms with Gasteiger partial charge in [-0.3, -0.25) is 4.79 Å². The minimum absolute atomic E-state index is 0. The van der Waals surface area contributed by atoms with E-state index in [2.05, 4.69) is 15.6 Å². The molecule has 28 heavy (non-hydrogen) atoms. The molecule has 1 saturated carbocycles. The predicted molar refractivity (Wildman–Crippen MR) is 114 cm³/mol. The van der Waals surface area contributed by atoms with Crippen molar-refractivity contribution in [3.05, 3.63) is 48.3 Å². The summed E-state index contributed by atoms with van der Waals surface area (Å²) in [6, 6.07) is 12.3. The Morgan fingerprint density at radius 1 is 1.21 bits per heavy atom. The van der Waals surface area contributed by atoms with E-state index in [1.54, 1.807) is 6.07 Å². The van der Waals surface area contributed by atoms with Crippen LogP contribution >= 0.6 is 23.7 Å². The highest BCUT2D eigenvalue weighted by Gasteiger charge is 2.57. The van der Waals surface area contributed by atoms with E-state index in [4.69, 9.17) is 0 Å². The molecule has 2 heterocycles. The summed E-state index contributed by atoms with van der Waals surface area (Å²) in [7, 11) is 0. The average molecular weight is 418 g/mol. The first kappa shape index (κ1) is 19.3. The SMILES string of the molecule is Cl.O=C(Nc1ccc(F)cc1-c1nc2ccccc2s1)C1CC12CCNCC2. The molecule has 4 nitrogen and oxygen atoms in total. The Bertz CT molecular complexity index is 998. The van der Waals surface area contributed by atoms with Crippen LogP contribution in [0, 0.1) is 17.2 Å². The van der Waals surface area contributed by atoms with Crippen LogP contribution in [-0.2, 0) is 4.79 Å². The molecule has 7 heteroatoms. The number of amides is 1. The lowest BCUT2D eigenvalue weighted by atomic mass is 9.91. The molecule has 146 valence electrons. The predicted octanol–water partition coefficient (Wildman–Crippen LogP) is 4.85. The van der Waals surface area contributed by atoms with Gasteiger partial charge in [0, 0.05) is 11.5 Å². The number of carbonyl (C=O) groups is 1. The number of nitrogens with zero attached hydrogens (tertiary/aromatic N) is 1. The topological polar surface area (TPSA) is 54.0 Å². The normalized spacial score (nSPS) is 20.0. The number of benzene rings is 2. The van der Waals surface area contributed by atoms with Crippen molar-refractivity contribution in [2.75, 3.05) is 18.4 Å². The highest BCUT2D eigenvalue weighted by Crippen LogP contribution is 2.59. The van der Waals surface area contributed by atoms with Gasteiger partial charge in [-0.25, -0.2) is 9.37 Å². The molecular weight excluding hydrogens is 397 g/mol. The molecule has 0 radical (unpaired) electrons. The largest absolute Gasteiger partial charge is 0.325 e. The standard InChI is InChI=1S/C21H20FN3OS.ClH/c22-13-5-6-16(24-19(26)15-12-21(15)7-9-23-10-8-21)14(11-13)20-25-17-3-1-2-4-18(17)27-20;/h1-6,11,15,23H,7-10,12H2,(H,24,26);1H. The fraction of sp³-hybridized carbons (Fsp3) is 0.333. The first-order chi connectivity index (χ1) is 13.1. The number of aromatic nitrogens is 1. The molecule has 2 fully saturated rings. The summed E-state index contributed by atoms with van der Waals surface area (Å²) in [6.07, 6.45) is 3.07. The van der Waals surface area contributed by atoms with Crippen LogP contribution in [0.2, 0.25) is 0 Å². The van der Waals surface area contributed by atoms with Gasteiger partial charge in [0.2, 0.25) is 5.91 Å². The van der Waals surface area contributed by atoms with Crippen LogP contribution < -0.4 is 10.6 Å². The van der Waals surface area contributed by atoms with Crippen LogP contribution in [0.15, 0.2) is 42.5 Å². The summed E-state index contributed by atoms with van der Waals surface area (Å²) in [6.45, 7) is 1.97. The zero-order chi connectivity index (χ0) is 18.4. The van der Waals surface area contributed by atoms with Crippen molar-refractivity contribution >= 4 is 45.6 Å². The van der Waals surface area contributed by atoms with E-state index in [0.717, 1.165) is 47.6 Å². The van der Waals surface area contributed by atoms with Gasteiger partial charge in [-0.15, -0.1) is 23.7 Å². The monoisotopic (exact) mass is 417 g/mol. The third-order valence-electron chi connectivity index (χ3n) is 5.87. The molecule has 1 aliphatic heterocycles. The summed E-state index contributed by atoms with van der Waals surface area (Å²) >= 11 is 1.51. The molecule has 0 bridgehead atoms. The van der Waals surface area contributed by atoms with E-state index in [0.29, 0.717) is 11.3 Å². The number of para-hydroxylation sites is 1. The molecule has 1 atom stereocenters. The maximum Gasteiger partial charge on any atom is 0.228 e. The molecule has 2 N–H and O–H groups in total. The Hall–Kier alpha value is -2.02. The van der Waals surface area contributed by atoms with Crippen molar-refractivity contribution in [2.45, 2.75) is 19.3 Å². The van der Waals surface area contributed by atoms with Crippen molar-refractivity contribution in [2.24, 2.45) is 11.3 Å². The van der Waals surface area contributed by atoms with E-state index >= 15 is 0 Å². The molecule has 1 saturated heterocycles. The van der Waals surface area contributed by atoms with Gasteiger partial charge in [0.05, 0.1) is 15.9 Å². The van der Waals surface area contributed by atoms with E-state index in [9.17, 15) is 9.18 Å². The van der Waals surface area contributed by atoms with Gasteiger partial charge in [0.15, 0.2) is 0 Å². The van der Waals surface area contributed by atoms with Crippen molar-refractivity contribution < 1.29 is 9.18 Å². The van der Waals surface area contributed by atoms with Crippen molar-refractivity contribution in [1.82, 2.24) is 10.3 Å². The molecule has 3 aromatic rings. The van der Waals surface area contributed by atoms with Crippen LogP contribution in [0.1, 0.15) is 19.3 Å². The lowest BCUT2D eigenvalue weighted by Crippen LogP contribution is -2.31. The minimum Gasteiger partial charge on any atom is -0.325 e. The Balaban J connectivity index is 0.00000192. The fourth-order valence-corrected chi connectivity index (χ4v) is 5.20. The highest BCUT2D eigenvalue weighted by molar-refractivity contribution is 7.21. The van der Waals surface area contributed by atoms with Crippen LogP contribution in [0.4, 0.5) is 10.1 Å². The number of rotatable bonds is 3. The molecule has 2 aromatic carbocycles. The third-order valence-corrected chi connectivity index (χ3v) is 6.94. The summed E-state index contributed by atoms with van der Waals surface area (Å²) < 4.78 is 15.0. The number of hydrogen-bond donors (Lipinski definition) is 2. The van der Waals surface area contributed by atoms with Gasteiger partial charge in [-0.2, -0.15) is 0 Å². The Morgan fingerprint density at radius 3 is 2.79 bits per heavy atom. The number of hydrogen-bond acceptors (Lipinski definition) is 4. The van der Waals surface area contributed by atoms with Gasteiger partial charge in [-0.1, -0.05) is 12.1 Å². The maximum absolute atomic E-state index is 13.9. The van der Waals surface area contributed by atoms with Crippen LogP contribution in [-0.4, -0.2) is 24.0 Å². The first-order valence-corrected chi connectivity index (χ1v) is 10.1. The molecule has 2 aliphatic rings. The van der Waals surface area contributed by atoms with Gasteiger partial charge >= 0.3 is 0 Å². The van der Waals surface area contributed by atoms with Crippen molar-refractivity contribution in [1.29, 1.82) is 0 Å². The summed E-state index contributed by atoms with van der Waals surface area (Å²) in [5.74, 6) is -0.220. The molecule has 1 spiro atoms. The number of fused-ring (bicyclic) bond motifs is 1. The Labute approximate surface area is 173 Å². The van der Waals surface area contributed by atoms with Gasteiger partial charge in [-0.05, 0) is 68.1 Å². The number of nitrogens with one attached hydrogen (secondary N) is 2. The zero-order valence-electron chi connectivity index (χ0n) is 15.2. The maximum atomic E-state index is 13.9. The molecule has 1 aromatic heterocycles. The summed E-state index contributed by atoms with van der Waals surface area (Å²) in [5, 5.41) is 7.13. The molecular formula is C21H21ClFN3OS. The van der Waals surface area contributed by atoms with E-state index in [1.165, 1.54) is 23.5 Å². The lowest BCUT2D eigenvalue weighted by molar-refractivity contribution is -0.118. The summed E-state index contributed by atoms with van der Waals surface area (Å²) in [5.41, 5.74) is 2.33. The minimum atomic E-state index is -0.330. The number of piperidine rings is 1. The Kier molecular flexibility index (Phi) is 5.12. The number of thiazole rings is 1.